The molecule has 0 aliphatic carbocycles. The van der Waals surface area contributed by atoms with Gasteiger partial charge in [0.1, 0.15) is 5.75 Å². The second kappa shape index (κ2) is 5.40. The SMILES string of the molecule is CCC(CC)S(=O)(=O)c1cc(OC)ccc1N. The van der Waals surface area contributed by atoms with E-state index in [9.17, 15) is 8.42 Å². The first kappa shape index (κ1) is 13.8. The fourth-order valence-electron chi connectivity index (χ4n) is 1.80. The molecule has 0 aliphatic heterocycles. The van der Waals surface area contributed by atoms with Crippen LogP contribution in [0.15, 0.2) is 23.1 Å². The molecule has 0 aliphatic rings. The van der Waals surface area contributed by atoms with Gasteiger partial charge in [-0.15, -0.1) is 0 Å². The molecule has 5 heteroatoms. The van der Waals surface area contributed by atoms with Crippen LogP contribution in [0.4, 0.5) is 5.69 Å². The van der Waals surface area contributed by atoms with Gasteiger partial charge in [-0.25, -0.2) is 8.42 Å². The van der Waals surface area contributed by atoms with Gasteiger partial charge in [0.05, 0.1) is 22.9 Å². The van der Waals surface area contributed by atoms with Crippen LogP contribution < -0.4 is 10.5 Å². The van der Waals surface area contributed by atoms with Crippen LogP contribution >= 0.6 is 0 Å². The van der Waals surface area contributed by atoms with E-state index in [1.165, 1.54) is 13.2 Å². The highest BCUT2D eigenvalue weighted by Crippen LogP contribution is 2.29. The van der Waals surface area contributed by atoms with Crippen LogP contribution in [0.2, 0.25) is 0 Å². The van der Waals surface area contributed by atoms with Crippen molar-refractivity contribution < 1.29 is 13.2 Å². The molecule has 0 bridgehead atoms. The molecule has 0 saturated carbocycles. The molecule has 1 aromatic carbocycles. The van der Waals surface area contributed by atoms with E-state index in [1.807, 2.05) is 13.8 Å². The predicted octanol–water partition coefficient (Wildman–Crippen LogP) is 2.24. The zero-order chi connectivity index (χ0) is 13.1. The minimum absolute atomic E-state index is 0.172. The summed E-state index contributed by atoms with van der Waals surface area (Å²) < 4.78 is 29.7. The summed E-state index contributed by atoms with van der Waals surface area (Å²) >= 11 is 0. The van der Waals surface area contributed by atoms with Crippen molar-refractivity contribution >= 4 is 15.5 Å². The lowest BCUT2D eigenvalue weighted by Crippen LogP contribution is -2.21. The van der Waals surface area contributed by atoms with Crippen molar-refractivity contribution in [3.63, 3.8) is 0 Å². The van der Waals surface area contributed by atoms with Gasteiger partial charge >= 0.3 is 0 Å². The maximum absolute atomic E-state index is 12.3. The number of sulfone groups is 1. The molecule has 0 amide bonds. The average molecular weight is 257 g/mol. The third kappa shape index (κ3) is 2.72. The van der Waals surface area contributed by atoms with E-state index in [-0.39, 0.29) is 10.6 Å². The van der Waals surface area contributed by atoms with E-state index in [0.29, 0.717) is 18.6 Å². The molecular weight excluding hydrogens is 238 g/mol. The van der Waals surface area contributed by atoms with Crippen LogP contribution in [-0.2, 0) is 9.84 Å². The van der Waals surface area contributed by atoms with Crippen molar-refractivity contribution in [2.75, 3.05) is 12.8 Å². The van der Waals surface area contributed by atoms with E-state index in [0.717, 1.165) is 0 Å². The molecule has 4 nitrogen and oxygen atoms in total. The molecule has 17 heavy (non-hydrogen) atoms. The van der Waals surface area contributed by atoms with E-state index in [1.54, 1.807) is 12.1 Å². The van der Waals surface area contributed by atoms with Crippen molar-refractivity contribution in [3.8, 4) is 5.75 Å². The molecule has 0 aromatic heterocycles. The Balaban J connectivity index is 3.31. The molecule has 0 unspecified atom stereocenters. The largest absolute Gasteiger partial charge is 0.497 e. The van der Waals surface area contributed by atoms with Crippen LogP contribution in [0, 0.1) is 0 Å². The topological polar surface area (TPSA) is 69.4 Å². The lowest BCUT2D eigenvalue weighted by Gasteiger charge is -2.16. The van der Waals surface area contributed by atoms with Crippen molar-refractivity contribution in [1.29, 1.82) is 0 Å². The summed E-state index contributed by atoms with van der Waals surface area (Å²) in [7, 11) is -1.87. The fourth-order valence-corrected chi connectivity index (χ4v) is 3.71. The molecule has 0 fully saturated rings. The maximum atomic E-state index is 12.3. The van der Waals surface area contributed by atoms with Crippen molar-refractivity contribution in [1.82, 2.24) is 0 Å². The first-order valence-corrected chi connectivity index (χ1v) is 7.19. The number of nitrogens with two attached hydrogens (primary N) is 1. The second-order valence-corrected chi connectivity index (χ2v) is 6.08. The molecule has 0 spiro atoms. The van der Waals surface area contributed by atoms with Gasteiger partial charge in [0, 0.05) is 6.07 Å². The Morgan fingerprint density at radius 3 is 2.35 bits per heavy atom. The zero-order valence-electron chi connectivity index (χ0n) is 10.4. The lowest BCUT2D eigenvalue weighted by atomic mass is 10.3. The van der Waals surface area contributed by atoms with Gasteiger partial charge in [-0.2, -0.15) is 0 Å². The average Bonchev–Trinajstić information content (AvgIpc) is 2.30. The molecule has 0 saturated heterocycles. The molecule has 0 heterocycles. The summed E-state index contributed by atoms with van der Waals surface area (Å²) in [5.41, 5.74) is 6.02. The van der Waals surface area contributed by atoms with Gasteiger partial charge in [-0.1, -0.05) is 13.8 Å². The molecule has 0 atom stereocenters. The van der Waals surface area contributed by atoms with Crippen LogP contribution in [-0.4, -0.2) is 20.8 Å². The summed E-state index contributed by atoms with van der Waals surface area (Å²) in [6.07, 6.45) is 1.16. The Labute approximate surface area is 103 Å². The number of ether oxygens (including phenoxy) is 1. The Morgan fingerprint density at radius 1 is 1.29 bits per heavy atom. The molecule has 1 aromatic rings. The number of hydrogen-bond acceptors (Lipinski definition) is 4. The van der Waals surface area contributed by atoms with Gasteiger partial charge in [-0.3, -0.25) is 0 Å². The molecular formula is C12H19NO3S. The third-order valence-electron chi connectivity index (χ3n) is 2.88. The van der Waals surface area contributed by atoms with Gasteiger partial charge in [0.2, 0.25) is 0 Å². The first-order valence-electron chi connectivity index (χ1n) is 5.64. The summed E-state index contributed by atoms with van der Waals surface area (Å²) in [5.74, 6) is 0.503. The number of nitrogen functional groups attached to an aromatic ring is 1. The van der Waals surface area contributed by atoms with Crippen molar-refractivity contribution in [2.24, 2.45) is 0 Å². The fraction of sp³-hybridized carbons (Fsp3) is 0.500. The number of rotatable bonds is 5. The van der Waals surface area contributed by atoms with Crippen LogP contribution in [0.1, 0.15) is 26.7 Å². The molecule has 0 radical (unpaired) electrons. The Kier molecular flexibility index (Phi) is 4.40. The quantitative estimate of drug-likeness (QED) is 0.821. The number of hydrogen-bond donors (Lipinski definition) is 1. The van der Waals surface area contributed by atoms with Crippen molar-refractivity contribution in [3.05, 3.63) is 18.2 Å². The van der Waals surface area contributed by atoms with Gasteiger partial charge in [0.15, 0.2) is 9.84 Å². The molecule has 1 rings (SSSR count). The number of benzene rings is 1. The van der Waals surface area contributed by atoms with Gasteiger partial charge < -0.3 is 10.5 Å². The summed E-state index contributed by atoms with van der Waals surface area (Å²) in [4.78, 5) is 0.172. The number of anilines is 1. The highest BCUT2D eigenvalue weighted by Gasteiger charge is 2.26. The maximum Gasteiger partial charge on any atom is 0.183 e. The van der Waals surface area contributed by atoms with Gasteiger partial charge in [0.25, 0.3) is 0 Å². The minimum Gasteiger partial charge on any atom is -0.497 e. The van der Waals surface area contributed by atoms with E-state index < -0.39 is 15.1 Å². The third-order valence-corrected chi connectivity index (χ3v) is 5.39. The van der Waals surface area contributed by atoms with Crippen molar-refractivity contribution in [2.45, 2.75) is 36.8 Å². The molecule has 96 valence electrons. The highest BCUT2D eigenvalue weighted by atomic mass is 32.2. The summed E-state index contributed by atoms with van der Waals surface area (Å²) in [5, 5.41) is -0.392. The van der Waals surface area contributed by atoms with E-state index in [2.05, 4.69) is 0 Å². The monoisotopic (exact) mass is 257 g/mol. The normalized spacial score (nSPS) is 11.8. The van der Waals surface area contributed by atoms with Crippen LogP contribution in [0.5, 0.6) is 5.75 Å². The number of methoxy groups -OCH3 is 1. The zero-order valence-corrected chi connectivity index (χ0v) is 11.3. The Bertz CT molecular complexity index is 479. The first-order chi connectivity index (χ1) is 7.97. The minimum atomic E-state index is -3.37. The molecule has 2 N–H and O–H groups in total. The van der Waals surface area contributed by atoms with E-state index in [4.69, 9.17) is 10.5 Å². The summed E-state index contributed by atoms with van der Waals surface area (Å²) in [6.45, 7) is 3.73. The second-order valence-electron chi connectivity index (χ2n) is 3.89. The predicted molar refractivity (Wildman–Crippen MR) is 69.0 cm³/mol. The van der Waals surface area contributed by atoms with Gasteiger partial charge in [-0.05, 0) is 25.0 Å². The van der Waals surface area contributed by atoms with Crippen LogP contribution in [0.25, 0.3) is 0 Å². The van der Waals surface area contributed by atoms with E-state index >= 15 is 0 Å². The Morgan fingerprint density at radius 2 is 1.88 bits per heavy atom. The van der Waals surface area contributed by atoms with Crippen LogP contribution in [0.3, 0.4) is 0 Å². The lowest BCUT2D eigenvalue weighted by molar-refractivity contribution is 0.413. The Hall–Kier alpha value is -1.23. The summed E-state index contributed by atoms with van der Waals surface area (Å²) in [6, 6.07) is 4.71. The highest BCUT2D eigenvalue weighted by molar-refractivity contribution is 7.92. The smallest absolute Gasteiger partial charge is 0.183 e. The standard InChI is InChI=1S/C12H19NO3S/c1-4-10(5-2)17(14,15)12-8-9(16-3)6-7-11(12)13/h6-8,10H,4-5,13H2,1-3H3.